The first-order valence-corrected chi connectivity index (χ1v) is 5.36. The fourth-order valence-corrected chi connectivity index (χ4v) is 2.35. The Labute approximate surface area is 94.5 Å². The standard InChI is InChI=1S/C9H7ClN2O2S/c10-8-2-1-7(15-8)5-4-11-12-6(5)3-9(13)14/h1-2,4H,3H2,(H,11,12)(H,13,14). The number of H-pyrrole nitrogens is 1. The van der Waals surface area contributed by atoms with Gasteiger partial charge >= 0.3 is 5.97 Å². The Bertz CT molecular complexity index is 492. The molecule has 0 aliphatic rings. The predicted molar refractivity (Wildman–Crippen MR) is 58.3 cm³/mol. The quantitative estimate of drug-likeness (QED) is 0.869. The molecule has 2 aromatic heterocycles. The molecule has 0 aromatic carbocycles. The van der Waals surface area contributed by atoms with Gasteiger partial charge in [0.15, 0.2) is 0 Å². The maximum absolute atomic E-state index is 10.6. The summed E-state index contributed by atoms with van der Waals surface area (Å²) >= 11 is 7.21. The minimum atomic E-state index is -0.886. The average Bonchev–Trinajstić information content (AvgIpc) is 2.72. The highest BCUT2D eigenvalue weighted by Gasteiger charge is 2.12. The second kappa shape index (κ2) is 4.04. The van der Waals surface area contributed by atoms with Crippen LogP contribution in [-0.4, -0.2) is 21.3 Å². The van der Waals surface area contributed by atoms with E-state index in [1.165, 1.54) is 11.3 Å². The van der Waals surface area contributed by atoms with Crippen LogP contribution in [0.2, 0.25) is 4.34 Å². The number of thiophene rings is 1. The maximum atomic E-state index is 10.6. The SMILES string of the molecule is O=C(O)Cc1[nH]ncc1-c1ccc(Cl)s1. The highest BCUT2D eigenvalue weighted by atomic mass is 35.5. The van der Waals surface area contributed by atoms with Crippen molar-refractivity contribution in [2.24, 2.45) is 0 Å². The van der Waals surface area contributed by atoms with Gasteiger partial charge in [0.1, 0.15) is 0 Å². The Morgan fingerprint density at radius 3 is 3.00 bits per heavy atom. The number of aromatic nitrogens is 2. The van der Waals surface area contributed by atoms with Crippen LogP contribution >= 0.6 is 22.9 Å². The first kappa shape index (κ1) is 10.2. The molecule has 2 aromatic rings. The van der Waals surface area contributed by atoms with E-state index in [1.54, 1.807) is 12.3 Å². The summed E-state index contributed by atoms with van der Waals surface area (Å²) in [6.45, 7) is 0. The van der Waals surface area contributed by atoms with Gasteiger partial charge in [0.25, 0.3) is 0 Å². The van der Waals surface area contributed by atoms with E-state index in [0.29, 0.717) is 10.0 Å². The summed E-state index contributed by atoms with van der Waals surface area (Å²) < 4.78 is 0.674. The van der Waals surface area contributed by atoms with Gasteiger partial charge < -0.3 is 5.11 Å². The molecule has 0 amide bonds. The number of nitrogens with one attached hydrogen (secondary N) is 1. The number of hydrogen-bond acceptors (Lipinski definition) is 3. The Hall–Kier alpha value is -1.33. The Balaban J connectivity index is 2.36. The molecule has 4 nitrogen and oxygen atoms in total. The molecule has 6 heteroatoms. The van der Waals surface area contributed by atoms with Gasteiger partial charge in [0.2, 0.25) is 0 Å². The molecule has 0 radical (unpaired) electrons. The van der Waals surface area contributed by atoms with Crippen LogP contribution in [0.4, 0.5) is 0 Å². The summed E-state index contributed by atoms with van der Waals surface area (Å²) in [6.07, 6.45) is 1.55. The Morgan fingerprint density at radius 2 is 2.40 bits per heavy atom. The lowest BCUT2D eigenvalue weighted by Crippen LogP contribution is -2.01. The van der Waals surface area contributed by atoms with E-state index >= 15 is 0 Å². The Morgan fingerprint density at radius 1 is 1.60 bits per heavy atom. The smallest absolute Gasteiger partial charge is 0.309 e. The molecule has 15 heavy (non-hydrogen) atoms. The van der Waals surface area contributed by atoms with E-state index in [0.717, 1.165) is 10.4 Å². The predicted octanol–water partition coefficient (Wildman–Crippen LogP) is 2.42. The van der Waals surface area contributed by atoms with Crippen LogP contribution in [0.15, 0.2) is 18.3 Å². The van der Waals surface area contributed by atoms with Gasteiger partial charge in [-0.15, -0.1) is 11.3 Å². The molecule has 0 saturated heterocycles. The zero-order chi connectivity index (χ0) is 10.8. The van der Waals surface area contributed by atoms with Gasteiger partial charge in [-0.1, -0.05) is 11.6 Å². The van der Waals surface area contributed by atoms with E-state index in [9.17, 15) is 4.79 Å². The molecular weight excluding hydrogens is 236 g/mol. The third-order valence-electron chi connectivity index (χ3n) is 1.88. The second-order valence-electron chi connectivity index (χ2n) is 2.94. The van der Waals surface area contributed by atoms with Gasteiger partial charge in [0.05, 0.1) is 22.6 Å². The van der Waals surface area contributed by atoms with Gasteiger partial charge in [-0.3, -0.25) is 9.89 Å². The lowest BCUT2D eigenvalue weighted by Gasteiger charge is -1.96. The largest absolute Gasteiger partial charge is 0.481 e. The van der Waals surface area contributed by atoms with Crippen LogP contribution in [0, 0.1) is 0 Å². The highest BCUT2D eigenvalue weighted by molar-refractivity contribution is 7.19. The molecule has 0 aliphatic heterocycles. The fraction of sp³-hybridized carbons (Fsp3) is 0.111. The summed E-state index contributed by atoms with van der Waals surface area (Å²) in [5.41, 5.74) is 1.40. The lowest BCUT2D eigenvalue weighted by molar-refractivity contribution is -0.136. The van der Waals surface area contributed by atoms with E-state index in [1.807, 2.05) is 6.07 Å². The molecule has 0 aliphatic carbocycles. The number of hydrogen-bond donors (Lipinski definition) is 2. The lowest BCUT2D eigenvalue weighted by atomic mass is 10.2. The van der Waals surface area contributed by atoms with Crippen molar-refractivity contribution in [2.75, 3.05) is 0 Å². The van der Waals surface area contributed by atoms with Crippen LogP contribution < -0.4 is 0 Å². The molecule has 2 heterocycles. The summed E-state index contributed by atoms with van der Waals surface area (Å²) in [5.74, 6) is -0.886. The van der Waals surface area contributed by atoms with E-state index < -0.39 is 5.97 Å². The molecule has 0 fully saturated rings. The molecule has 0 bridgehead atoms. The van der Waals surface area contributed by atoms with Gasteiger partial charge in [-0.05, 0) is 12.1 Å². The van der Waals surface area contributed by atoms with Crippen LogP contribution in [-0.2, 0) is 11.2 Å². The van der Waals surface area contributed by atoms with Crippen molar-refractivity contribution < 1.29 is 9.90 Å². The van der Waals surface area contributed by atoms with Crippen LogP contribution in [0.5, 0.6) is 0 Å². The summed E-state index contributed by atoms with van der Waals surface area (Å²) in [4.78, 5) is 11.5. The number of carbonyl (C=O) groups is 1. The van der Waals surface area contributed by atoms with E-state index in [-0.39, 0.29) is 6.42 Å². The number of carboxylic acids is 1. The van der Waals surface area contributed by atoms with Crippen molar-refractivity contribution >= 4 is 28.9 Å². The van der Waals surface area contributed by atoms with E-state index in [4.69, 9.17) is 16.7 Å². The number of halogens is 1. The zero-order valence-corrected chi connectivity index (χ0v) is 9.10. The number of aromatic amines is 1. The van der Waals surface area contributed by atoms with Crippen molar-refractivity contribution in [3.63, 3.8) is 0 Å². The molecule has 2 N–H and O–H groups in total. The van der Waals surface area contributed by atoms with Gasteiger partial charge in [0, 0.05) is 10.4 Å². The maximum Gasteiger partial charge on any atom is 0.309 e. The van der Waals surface area contributed by atoms with Crippen LogP contribution in [0.3, 0.4) is 0 Å². The van der Waals surface area contributed by atoms with Gasteiger partial charge in [-0.25, -0.2) is 0 Å². The minimum Gasteiger partial charge on any atom is -0.481 e. The summed E-state index contributed by atoms with van der Waals surface area (Å²) in [6, 6.07) is 3.63. The van der Waals surface area contributed by atoms with Crippen LogP contribution in [0.25, 0.3) is 10.4 Å². The molecule has 0 spiro atoms. The summed E-state index contributed by atoms with van der Waals surface area (Å²) in [5, 5.41) is 15.2. The van der Waals surface area contributed by atoms with Crippen molar-refractivity contribution in [2.45, 2.75) is 6.42 Å². The monoisotopic (exact) mass is 242 g/mol. The highest BCUT2D eigenvalue weighted by Crippen LogP contribution is 2.32. The molecule has 0 saturated carbocycles. The minimum absolute atomic E-state index is 0.0646. The molecule has 0 atom stereocenters. The van der Waals surface area contributed by atoms with Crippen molar-refractivity contribution in [1.82, 2.24) is 10.2 Å². The Kier molecular flexibility index (Phi) is 2.75. The van der Waals surface area contributed by atoms with E-state index in [2.05, 4.69) is 10.2 Å². The normalized spacial score (nSPS) is 10.5. The van der Waals surface area contributed by atoms with Gasteiger partial charge in [-0.2, -0.15) is 5.10 Å². The molecule has 78 valence electrons. The zero-order valence-electron chi connectivity index (χ0n) is 7.53. The van der Waals surface area contributed by atoms with Crippen LogP contribution in [0.1, 0.15) is 5.69 Å². The molecular formula is C9H7ClN2O2S. The topological polar surface area (TPSA) is 66.0 Å². The number of carboxylic acid groups (broad SMARTS) is 1. The average molecular weight is 243 g/mol. The third-order valence-corrected chi connectivity index (χ3v) is 3.15. The number of nitrogens with zero attached hydrogens (tertiary/aromatic N) is 1. The molecule has 2 rings (SSSR count). The second-order valence-corrected chi connectivity index (χ2v) is 4.65. The number of rotatable bonds is 3. The molecule has 0 unspecified atom stereocenters. The summed E-state index contributed by atoms with van der Waals surface area (Å²) in [7, 11) is 0. The first-order valence-electron chi connectivity index (χ1n) is 4.16. The third kappa shape index (κ3) is 2.19. The van der Waals surface area contributed by atoms with Crippen molar-refractivity contribution in [3.8, 4) is 10.4 Å². The number of aliphatic carboxylic acids is 1. The first-order chi connectivity index (χ1) is 7.16. The van der Waals surface area contributed by atoms with Crippen molar-refractivity contribution in [3.05, 3.63) is 28.4 Å². The van der Waals surface area contributed by atoms with Crippen molar-refractivity contribution in [1.29, 1.82) is 0 Å². The fourth-order valence-electron chi connectivity index (χ4n) is 1.27.